The van der Waals surface area contributed by atoms with Crippen molar-refractivity contribution < 1.29 is 28.9 Å². The molecule has 1 atom stereocenters. The summed E-state index contributed by atoms with van der Waals surface area (Å²) in [6.07, 6.45) is 2.59. The standard InChI is InChI=1S/C18H23NO6/c1-23-14-9-13(10-15-17(14)25-8-7-24-15)18(22)19-6-2-3-12(11-19)4-5-16(20)21/h9-10,12H,2-8,11H2,1H3,(H,20,21). The summed E-state index contributed by atoms with van der Waals surface area (Å²) in [7, 11) is 1.53. The Hall–Kier alpha value is -2.44. The first-order valence-corrected chi connectivity index (χ1v) is 8.57. The number of fused-ring (bicyclic) bond motifs is 1. The van der Waals surface area contributed by atoms with Gasteiger partial charge in [0.05, 0.1) is 7.11 Å². The number of hydrogen-bond acceptors (Lipinski definition) is 5. The van der Waals surface area contributed by atoms with Gasteiger partial charge in [0.1, 0.15) is 13.2 Å². The minimum Gasteiger partial charge on any atom is -0.493 e. The number of rotatable bonds is 5. The van der Waals surface area contributed by atoms with Crippen LogP contribution in [0.3, 0.4) is 0 Å². The van der Waals surface area contributed by atoms with Crippen LogP contribution < -0.4 is 14.2 Å². The molecule has 2 heterocycles. The van der Waals surface area contributed by atoms with Crippen LogP contribution in [0.25, 0.3) is 0 Å². The van der Waals surface area contributed by atoms with Gasteiger partial charge in [0.2, 0.25) is 5.75 Å². The Kier molecular flexibility index (Phi) is 5.31. The summed E-state index contributed by atoms with van der Waals surface area (Å²) >= 11 is 0. The van der Waals surface area contributed by atoms with Gasteiger partial charge in [-0.25, -0.2) is 0 Å². The predicted octanol–water partition coefficient (Wildman–Crippen LogP) is 2.18. The fourth-order valence-electron chi connectivity index (χ4n) is 3.39. The van der Waals surface area contributed by atoms with Crippen molar-refractivity contribution in [3.05, 3.63) is 17.7 Å². The van der Waals surface area contributed by atoms with E-state index >= 15 is 0 Å². The molecule has 1 unspecified atom stereocenters. The second kappa shape index (κ2) is 7.63. The van der Waals surface area contributed by atoms with Crippen molar-refractivity contribution in [1.82, 2.24) is 4.90 Å². The molecule has 2 aliphatic heterocycles. The summed E-state index contributed by atoms with van der Waals surface area (Å²) in [5.41, 5.74) is 0.500. The normalized spacial score (nSPS) is 19.4. The van der Waals surface area contributed by atoms with E-state index in [0.717, 1.165) is 12.8 Å². The number of methoxy groups -OCH3 is 1. The summed E-state index contributed by atoms with van der Waals surface area (Å²) in [4.78, 5) is 25.5. The van der Waals surface area contributed by atoms with Crippen LogP contribution in [0.2, 0.25) is 0 Å². The van der Waals surface area contributed by atoms with Crippen LogP contribution in [0, 0.1) is 5.92 Å². The third kappa shape index (κ3) is 3.97. The number of carboxylic acids is 1. The second-order valence-corrected chi connectivity index (χ2v) is 6.39. The van der Waals surface area contributed by atoms with Crippen LogP contribution in [-0.4, -0.2) is 55.3 Å². The molecule has 1 fully saturated rings. The number of likely N-dealkylation sites (tertiary alicyclic amines) is 1. The Morgan fingerprint density at radius 3 is 2.88 bits per heavy atom. The maximum Gasteiger partial charge on any atom is 0.303 e. The Labute approximate surface area is 146 Å². The third-order valence-corrected chi connectivity index (χ3v) is 4.65. The molecule has 1 aromatic carbocycles. The lowest BCUT2D eigenvalue weighted by Crippen LogP contribution is -2.40. The lowest BCUT2D eigenvalue weighted by atomic mass is 9.93. The number of aliphatic carboxylic acids is 1. The van der Waals surface area contributed by atoms with Gasteiger partial charge in [-0.2, -0.15) is 0 Å². The highest BCUT2D eigenvalue weighted by molar-refractivity contribution is 5.95. The quantitative estimate of drug-likeness (QED) is 0.877. The number of hydrogen-bond donors (Lipinski definition) is 1. The molecule has 7 nitrogen and oxygen atoms in total. The van der Waals surface area contributed by atoms with Crippen LogP contribution in [0.1, 0.15) is 36.0 Å². The monoisotopic (exact) mass is 349 g/mol. The number of benzene rings is 1. The first-order valence-electron chi connectivity index (χ1n) is 8.57. The van der Waals surface area contributed by atoms with Crippen molar-refractivity contribution in [2.75, 3.05) is 33.4 Å². The molecular weight excluding hydrogens is 326 g/mol. The van der Waals surface area contributed by atoms with E-state index in [-0.39, 0.29) is 18.2 Å². The van der Waals surface area contributed by atoms with Gasteiger partial charge in [-0.05, 0) is 37.3 Å². The van der Waals surface area contributed by atoms with Gasteiger partial charge in [-0.1, -0.05) is 0 Å². The van der Waals surface area contributed by atoms with Crippen LogP contribution in [0.15, 0.2) is 12.1 Å². The molecule has 1 amide bonds. The van der Waals surface area contributed by atoms with E-state index in [1.165, 1.54) is 7.11 Å². The minimum absolute atomic E-state index is 0.0877. The molecule has 25 heavy (non-hydrogen) atoms. The van der Waals surface area contributed by atoms with E-state index < -0.39 is 5.97 Å². The Bertz CT molecular complexity index is 642. The summed E-state index contributed by atoms with van der Waals surface area (Å²) in [5, 5.41) is 8.85. The van der Waals surface area contributed by atoms with Crippen molar-refractivity contribution >= 4 is 11.9 Å². The highest BCUT2D eigenvalue weighted by Crippen LogP contribution is 2.40. The molecule has 3 rings (SSSR count). The van der Waals surface area contributed by atoms with E-state index in [9.17, 15) is 9.59 Å². The Balaban J connectivity index is 1.75. The van der Waals surface area contributed by atoms with Gasteiger partial charge in [0.15, 0.2) is 11.5 Å². The zero-order chi connectivity index (χ0) is 17.8. The summed E-state index contributed by atoms with van der Waals surface area (Å²) in [6, 6.07) is 3.37. The second-order valence-electron chi connectivity index (χ2n) is 6.39. The third-order valence-electron chi connectivity index (χ3n) is 4.65. The molecule has 0 radical (unpaired) electrons. The lowest BCUT2D eigenvalue weighted by Gasteiger charge is -2.33. The molecule has 0 aromatic heterocycles. The fourth-order valence-corrected chi connectivity index (χ4v) is 3.39. The minimum atomic E-state index is -0.792. The number of amides is 1. The van der Waals surface area contributed by atoms with Gasteiger partial charge < -0.3 is 24.2 Å². The summed E-state index contributed by atoms with van der Waals surface area (Å²) in [5.74, 6) is 0.889. The number of carbonyl (C=O) groups is 2. The predicted molar refractivity (Wildman–Crippen MR) is 89.5 cm³/mol. The molecule has 0 aliphatic carbocycles. The molecule has 0 spiro atoms. The van der Waals surface area contributed by atoms with Crippen LogP contribution >= 0.6 is 0 Å². The van der Waals surface area contributed by atoms with E-state index in [2.05, 4.69) is 0 Å². The largest absolute Gasteiger partial charge is 0.493 e. The van der Waals surface area contributed by atoms with Gasteiger partial charge in [0, 0.05) is 25.1 Å². The molecule has 2 aliphatic rings. The van der Waals surface area contributed by atoms with E-state index in [1.54, 1.807) is 17.0 Å². The van der Waals surface area contributed by atoms with Gasteiger partial charge in [-0.3, -0.25) is 9.59 Å². The molecule has 0 saturated carbocycles. The van der Waals surface area contributed by atoms with Crippen molar-refractivity contribution in [2.24, 2.45) is 5.92 Å². The van der Waals surface area contributed by atoms with Gasteiger partial charge >= 0.3 is 5.97 Å². The number of piperidine rings is 1. The van der Waals surface area contributed by atoms with Crippen LogP contribution in [-0.2, 0) is 4.79 Å². The average Bonchev–Trinajstić information content (AvgIpc) is 2.65. The van der Waals surface area contributed by atoms with Crippen LogP contribution in [0.4, 0.5) is 0 Å². The molecule has 7 heteroatoms. The SMILES string of the molecule is COc1cc(C(=O)N2CCCC(CCC(=O)O)C2)cc2c1OCCO2. The maximum atomic E-state index is 12.9. The average molecular weight is 349 g/mol. The van der Waals surface area contributed by atoms with Crippen molar-refractivity contribution in [2.45, 2.75) is 25.7 Å². The van der Waals surface area contributed by atoms with Crippen molar-refractivity contribution in [1.29, 1.82) is 0 Å². The summed E-state index contributed by atoms with van der Waals surface area (Å²) in [6.45, 7) is 2.16. The number of carbonyl (C=O) groups excluding carboxylic acids is 1. The van der Waals surface area contributed by atoms with Gasteiger partial charge in [0.25, 0.3) is 5.91 Å². The van der Waals surface area contributed by atoms with Gasteiger partial charge in [-0.15, -0.1) is 0 Å². The van der Waals surface area contributed by atoms with Crippen LogP contribution in [0.5, 0.6) is 17.2 Å². The van der Waals surface area contributed by atoms with Crippen molar-refractivity contribution in [3.8, 4) is 17.2 Å². The van der Waals surface area contributed by atoms with E-state index in [1.807, 2.05) is 0 Å². The molecule has 1 aromatic rings. The topological polar surface area (TPSA) is 85.3 Å². The molecule has 1 N–H and O–H groups in total. The smallest absolute Gasteiger partial charge is 0.303 e. The first kappa shape index (κ1) is 17.4. The molecule has 1 saturated heterocycles. The highest BCUT2D eigenvalue weighted by Gasteiger charge is 2.27. The zero-order valence-corrected chi connectivity index (χ0v) is 14.3. The van der Waals surface area contributed by atoms with E-state index in [4.69, 9.17) is 19.3 Å². The lowest BCUT2D eigenvalue weighted by molar-refractivity contribution is -0.137. The summed E-state index contributed by atoms with van der Waals surface area (Å²) < 4.78 is 16.5. The number of nitrogens with zero attached hydrogens (tertiary/aromatic N) is 1. The molecule has 136 valence electrons. The number of carboxylic acid groups (broad SMARTS) is 1. The maximum absolute atomic E-state index is 12.9. The van der Waals surface area contributed by atoms with Crippen molar-refractivity contribution in [3.63, 3.8) is 0 Å². The molecular formula is C18H23NO6. The highest BCUT2D eigenvalue weighted by atomic mass is 16.6. The Morgan fingerprint density at radius 2 is 2.12 bits per heavy atom. The Morgan fingerprint density at radius 1 is 1.32 bits per heavy atom. The zero-order valence-electron chi connectivity index (χ0n) is 14.3. The number of ether oxygens (including phenoxy) is 3. The van der Waals surface area contributed by atoms with E-state index in [0.29, 0.717) is 55.5 Å². The molecule has 0 bridgehead atoms. The first-order chi connectivity index (χ1) is 12.1. The fraction of sp³-hybridized carbons (Fsp3) is 0.556.